The second kappa shape index (κ2) is 15.1. The zero-order valence-corrected chi connectivity index (χ0v) is 24.7. The van der Waals surface area contributed by atoms with Crippen LogP contribution in [0.3, 0.4) is 0 Å². The fraction of sp³-hybridized carbons (Fsp3) is 0.121. The molecule has 9 nitrogen and oxygen atoms in total. The zero-order valence-electron chi connectivity index (χ0n) is 23.9. The molecule has 0 heterocycles. The Kier molecular flexibility index (Phi) is 10.8. The molecule has 4 aromatic carbocycles. The van der Waals surface area contributed by atoms with Gasteiger partial charge in [0.15, 0.2) is 0 Å². The van der Waals surface area contributed by atoms with Crippen LogP contribution in [0, 0.1) is 0 Å². The second-order valence-corrected chi connectivity index (χ2v) is 10.1. The summed E-state index contributed by atoms with van der Waals surface area (Å²) in [4.78, 5) is 39.6. The monoisotopic (exact) mass is 597 g/mol. The van der Waals surface area contributed by atoms with Crippen molar-refractivity contribution in [2.45, 2.75) is 4.90 Å². The first-order valence-electron chi connectivity index (χ1n) is 13.2. The average Bonchev–Trinajstić information content (AvgIpc) is 3.04. The van der Waals surface area contributed by atoms with E-state index in [4.69, 9.17) is 14.2 Å². The smallest absolute Gasteiger partial charge is 0.272 e. The lowest BCUT2D eigenvalue weighted by Crippen LogP contribution is -2.30. The van der Waals surface area contributed by atoms with Gasteiger partial charge in [0.05, 0.1) is 32.8 Å². The third-order valence-electron chi connectivity index (χ3n) is 6.12. The number of thioether (sulfide) groups is 1. The van der Waals surface area contributed by atoms with Crippen LogP contribution in [0.25, 0.3) is 6.08 Å². The van der Waals surface area contributed by atoms with Crippen LogP contribution in [0.1, 0.15) is 15.9 Å². The number of ether oxygens (including phenoxy) is 3. The van der Waals surface area contributed by atoms with Gasteiger partial charge in [0.1, 0.15) is 22.9 Å². The molecule has 4 aromatic rings. The first-order chi connectivity index (χ1) is 20.9. The number of hydrogen-bond donors (Lipinski definition) is 3. The molecule has 0 saturated carbocycles. The fourth-order valence-electron chi connectivity index (χ4n) is 3.89. The number of rotatable bonds is 12. The van der Waals surface area contributed by atoms with E-state index in [0.717, 1.165) is 4.90 Å². The van der Waals surface area contributed by atoms with Crippen molar-refractivity contribution in [3.63, 3.8) is 0 Å². The molecular formula is C33H31N3O6S. The second-order valence-electron chi connectivity index (χ2n) is 9.03. The van der Waals surface area contributed by atoms with E-state index in [9.17, 15) is 14.4 Å². The third-order valence-corrected chi connectivity index (χ3v) is 7.13. The summed E-state index contributed by atoms with van der Waals surface area (Å²) in [6.45, 7) is 0. The van der Waals surface area contributed by atoms with Crippen molar-refractivity contribution in [2.75, 3.05) is 37.7 Å². The normalized spacial score (nSPS) is 10.8. The summed E-state index contributed by atoms with van der Waals surface area (Å²) in [5.74, 6) is 0.844. The molecule has 220 valence electrons. The SMILES string of the molecule is COc1ccc(/C=C(\NC(=O)c2ccccc2)C(=O)Nc2ccc(SCC(=O)Nc3cc(OC)ccc3OC)cc2)cc1. The molecule has 0 radical (unpaired) electrons. The van der Waals surface area contributed by atoms with E-state index < -0.39 is 11.8 Å². The molecule has 3 N–H and O–H groups in total. The summed E-state index contributed by atoms with van der Waals surface area (Å²) < 4.78 is 15.7. The van der Waals surface area contributed by atoms with Crippen LogP contribution in [-0.4, -0.2) is 44.8 Å². The van der Waals surface area contributed by atoms with E-state index in [1.165, 1.54) is 18.9 Å². The highest BCUT2D eigenvalue weighted by atomic mass is 32.2. The number of methoxy groups -OCH3 is 3. The van der Waals surface area contributed by atoms with Crippen LogP contribution >= 0.6 is 11.8 Å². The number of benzene rings is 4. The lowest BCUT2D eigenvalue weighted by atomic mass is 10.1. The highest BCUT2D eigenvalue weighted by molar-refractivity contribution is 8.00. The van der Waals surface area contributed by atoms with Gasteiger partial charge in [-0.15, -0.1) is 11.8 Å². The Morgan fingerprint density at radius 3 is 2.07 bits per heavy atom. The minimum Gasteiger partial charge on any atom is -0.497 e. The molecule has 0 atom stereocenters. The van der Waals surface area contributed by atoms with Crippen molar-refractivity contribution < 1.29 is 28.6 Å². The van der Waals surface area contributed by atoms with Crippen molar-refractivity contribution in [1.29, 1.82) is 0 Å². The Hall–Kier alpha value is -5.22. The van der Waals surface area contributed by atoms with E-state index in [-0.39, 0.29) is 17.4 Å². The maximum absolute atomic E-state index is 13.3. The minimum absolute atomic E-state index is 0.0714. The standard InChI is InChI=1S/C33H31N3O6S/c1-40-25-13-9-22(10-14-25)19-29(36-32(38)23-7-5-4-6-8-23)33(39)34-24-11-16-27(17-12-24)43-21-31(37)35-28-20-26(41-2)15-18-30(28)42-3/h4-20H,21H2,1-3H3,(H,34,39)(H,35,37)(H,36,38)/b29-19-. The molecule has 0 bridgehead atoms. The predicted molar refractivity (Wildman–Crippen MR) is 169 cm³/mol. The van der Waals surface area contributed by atoms with Gasteiger partial charge < -0.3 is 30.2 Å². The minimum atomic E-state index is -0.493. The maximum atomic E-state index is 13.3. The van der Waals surface area contributed by atoms with Crippen LogP contribution in [0.4, 0.5) is 11.4 Å². The Morgan fingerprint density at radius 1 is 0.744 bits per heavy atom. The van der Waals surface area contributed by atoms with Crippen LogP contribution in [-0.2, 0) is 9.59 Å². The van der Waals surface area contributed by atoms with Gasteiger partial charge in [-0.25, -0.2) is 0 Å². The van der Waals surface area contributed by atoms with Gasteiger partial charge >= 0.3 is 0 Å². The fourth-order valence-corrected chi connectivity index (χ4v) is 4.59. The quantitative estimate of drug-likeness (QED) is 0.139. The third kappa shape index (κ3) is 8.88. The number of carbonyl (C=O) groups is 3. The Morgan fingerprint density at radius 2 is 1.42 bits per heavy atom. The van der Waals surface area contributed by atoms with Gasteiger partial charge in [-0.2, -0.15) is 0 Å². The Balaban J connectivity index is 1.40. The summed E-state index contributed by atoms with van der Waals surface area (Å²) in [6.07, 6.45) is 1.59. The van der Waals surface area contributed by atoms with Gasteiger partial charge in [0, 0.05) is 22.2 Å². The molecule has 0 saturated heterocycles. The predicted octanol–water partition coefficient (Wildman–Crippen LogP) is 5.85. The summed E-state index contributed by atoms with van der Waals surface area (Å²) in [5, 5.41) is 8.39. The summed E-state index contributed by atoms with van der Waals surface area (Å²) in [6, 6.07) is 28.0. The number of anilines is 2. The van der Waals surface area contributed by atoms with E-state index in [1.54, 1.807) is 111 Å². The first kappa shape index (κ1) is 30.7. The topological polar surface area (TPSA) is 115 Å². The van der Waals surface area contributed by atoms with Crippen LogP contribution in [0.15, 0.2) is 108 Å². The average molecular weight is 598 g/mol. The highest BCUT2D eigenvalue weighted by Crippen LogP contribution is 2.29. The summed E-state index contributed by atoms with van der Waals surface area (Å²) in [5.41, 5.74) is 2.24. The van der Waals surface area contributed by atoms with Gasteiger partial charge in [0.25, 0.3) is 11.8 Å². The summed E-state index contributed by atoms with van der Waals surface area (Å²) in [7, 11) is 4.65. The van der Waals surface area contributed by atoms with Crippen molar-refractivity contribution >= 4 is 46.9 Å². The Bertz CT molecular complexity index is 1590. The van der Waals surface area contributed by atoms with Crippen LogP contribution < -0.4 is 30.2 Å². The van der Waals surface area contributed by atoms with Crippen molar-refractivity contribution in [3.8, 4) is 17.2 Å². The van der Waals surface area contributed by atoms with Crippen LogP contribution in [0.5, 0.6) is 17.2 Å². The highest BCUT2D eigenvalue weighted by Gasteiger charge is 2.16. The lowest BCUT2D eigenvalue weighted by molar-refractivity contribution is -0.114. The molecule has 0 aromatic heterocycles. The lowest BCUT2D eigenvalue weighted by Gasteiger charge is -2.12. The molecule has 0 aliphatic rings. The number of amides is 3. The molecule has 4 rings (SSSR count). The molecular weight excluding hydrogens is 566 g/mol. The van der Waals surface area contributed by atoms with Gasteiger partial charge in [0.2, 0.25) is 5.91 Å². The molecule has 0 spiro atoms. The van der Waals surface area contributed by atoms with E-state index in [0.29, 0.717) is 39.8 Å². The van der Waals surface area contributed by atoms with Crippen LogP contribution in [0.2, 0.25) is 0 Å². The van der Waals surface area contributed by atoms with Crippen molar-refractivity contribution in [3.05, 3.63) is 114 Å². The number of nitrogens with one attached hydrogen (secondary N) is 3. The molecule has 0 aliphatic heterocycles. The largest absolute Gasteiger partial charge is 0.497 e. The van der Waals surface area contributed by atoms with Gasteiger partial charge in [-0.3, -0.25) is 14.4 Å². The summed E-state index contributed by atoms with van der Waals surface area (Å²) >= 11 is 1.34. The number of carbonyl (C=O) groups excluding carboxylic acids is 3. The van der Waals surface area contributed by atoms with E-state index in [1.807, 2.05) is 6.07 Å². The Labute approximate surface area is 254 Å². The zero-order chi connectivity index (χ0) is 30.6. The first-order valence-corrected chi connectivity index (χ1v) is 14.2. The molecule has 10 heteroatoms. The van der Waals surface area contributed by atoms with E-state index in [2.05, 4.69) is 16.0 Å². The molecule has 0 fully saturated rings. The molecule has 3 amide bonds. The van der Waals surface area contributed by atoms with Gasteiger partial charge in [-0.1, -0.05) is 30.3 Å². The van der Waals surface area contributed by atoms with E-state index >= 15 is 0 Å². The molecule has 0 unspecified atom stereocenters. The molecule has 0 aliphatic carbocycles. The number of hydrogen-bond acceptors (Lipinski definition) is 7. The van der Waals surface area contributed by atoms with Gasteiger partial charge in [-0.05, 0) is 72.3 Å². The van der Waals surface area contributed by atoms with Crippen molar-refractivity contribution in [1.82, 2.24) is 5.32 Å². The maximum Gasteiger partial charge on any atom is 0.272 e. The van der Waals surface area contributed by atoms with Crippen molar-refractivity contribution in [2.24, 2.45) is 0 Å². The molecule has 43 heavy (non-hydrogen) atoms.